The normalized spacial score (nSPS) is 20.1. The zero-order valence-corrected chi connectivity index (χ0v) is 12.7. The van der Waals surface area contributed by atoms with Gasteiger partial charge in [-0.1, -0.05) is 17.7 Å². The molecule has 0 aliphatic carbocycles. The summed E-state index contributed by atoms with van der Waals surface area (Å²) in [4.78, 5) is 2.35. The summed E-state index contributed by atoms with van der Waals surface area (Å²) in [5.74, 6) is 0.762. The molecular weight excluding hydrogens is 276 g/mol. The minimum absolute atomic E-state index is 0.260. The SMILES string of the molecule is Cc1ccc(Cl)c(OCCN2CCO[C@H](CCN)C2)c1. The summed E-state index contributed by atoms with van der Waals surface area (Å²) < 4.78 is 11.4. The van der Waals surface area contributed by atoms with Crippen molar-refractivity contribution >= 4 is 11.6 Å². The summed E-state index contributed by atoms with van der Waals surface area (Å²) in [6.45, 7) is 6.88. The minimum atomic E-state index is 0.260. The second-order valence-electron chi connectivity index (χ2n) is 5.15. The van der Waals surface area contributed by atoms with Gasteiger partial charge in [0.1, 0.15) is 12.4 Å². The number of aryl methyl sites for hydroxylation is 1. The van der Waals surface area contributed by atoms with Crippen molar-refractivity contribution in [1.29, 1.82) is 0 Å². The van der Waals surface area contributed by atoms with Crippen molar-refractivity contribution in [3.05, 3.63) is 28.8 Å². The van der Waals surface area contributed by atoms with Crippen molar-refractivity contribution in [3.8, 4) is 5.75 Å². The van der Waals surface area contributed by atoms with E-state index >= 15 is 0 Å². The Balaban J connectivity index is 1.76. The van der Waals surface area contributed by atoms with Crippen LogP contribution < -0.4 is 10.5 Å². The monoisotopic (exact) mass is 298 g/mol. The Bertz CT molecular complexity index is 426. The van der Waals surface area contributed by atoms with Crippen molar-refractivity contribution in [3.63, 3.8) is 0 Å². The van der Waals surface area contributed by atoms with Crippen LogP contribution >= 0.6 is 11.6 Å². The van der Waals surface area contributed by atoms with E-state index in [0.29, 0.717) is 18.2 Å². The van der Waals surface area contributed by atoms with Gasteiger partial charge in [0.15, 0.2) is 0 Å². The molecule has 1 fully saturated rings. The summed E-state index contributed by atoms with van der Waals surface area (Å²) >= 11 is 6.11. The summed E-state index contributed by atoms with van der Waals surface area (Å²) in [5.41, 5.74) is 6.73. The number of nitrogens with two attached hydrogens (primary N) is 1. The van der Waals surface area contributed by atoms with E-state index in [-0.39, 0.29) is 6.10 Å². The number of hydrogen-bond acceptors (Lipinski definition) is 4. The van der Waals surface area contributed by atoms with Gasteiger partial charge in [0, 0.05) is 19.6 Å². The average Bonchev–Trinajstić information content (AvgIpc) is 2.43. The van der Waals surface area contributed by atoms with Crippen LogP contribution in [0.15, 0.2) is 18.2 Å². The van der Waals surface area contributed by atoms with Gasteiger partial charge in [0.05, 0.1) is 17.7 Å². The highest BCUT2D eigenvalue weighted by molar-refractivity contribution is 6.32. The molecule has 112 valence electrons. The topological polar surface area (TPSA) is 47.7 Å². The molecule has 0 saturated carbocycles. The lowest BCUT2D eigenvalue weighted by atomic mass is 10.2. The van der Waals surface area contributed by atoms with Gasteiger partial charge in [-0.25, -0.2) is 0 Å². The second kappa shape index (κ2) is 7.84. The number of ether oxygens (including phenoxy) is 2. The van der Waals surface area contributed by atoms with E-state index in [4.69, 9.17) is 26.8 Å². The first-order valence-corrected chi connectivity index (χ1v) is 7.50. The van der Waals surface area contributed by atoms with E-state index in [1.807, 2.05) is 25.1 Å². The Kier molecular flexibility index (Phi) is 6.10. The zero-order valence-electron chi connectivity index (χ0n) is 12.0. The number of rotatable bonds is 6. The van der Waals surface area contributed by atoms with E-state index in [9.17, 15) is 0 Å². The third kappa shape index (κ3) is 4.63. The fraction of sp³-hybridized carbons (Fsp3) is 0.600. The van der Waals surface area contributed by atoms with Crippen molar-refractivity contribution in [1.82, 2.24) is 4.90 Å². The second-order valence-corrected chi connectivity index (χ2v) is 5.56. The smallest absolute Gasteiger partial charge is 0.138 e. The van der Waals surface area contributed by atoms with Crippen molar-refractivity contribution in [2.24, 2.45) is 5.73 Å². The van der Waals surface area contributed by atoms with Crippen molar-refractivity contribution in [2.45, 2.75) is 19.4 Å². The molecule has 0 unspecified atom stereocenters. The summed E-state index contributed by atoms with van der Waals surface area (Å²) in [6.07, 6.45) is 1.18. The molecule has 0 aromatic heterocycles. The van der Waals surface area contributed by atoms with E-state index in [1.165, 1.54) is 0 Å². The Morgan fingerprint density at radius 1 is 1.50 bits per heavy atom. The molecule has 2 N–H and O–H groups in total. The maximum atomic E-state index is 6.11. The van der Waals surface area contributed by atoms with Gasteiger partial charge in [-0.2, -0.15) is 0 Å². The van der Waals surface area contributed by atoms with Crippen LogP contribution in [0.5, 0.6) is 5.75 Å². The number of halogens is 1. The number of morpholine rings is 1. The first-order chi connectivity index (χ1) is 9.69. The fourth-order valence-corrected chi connectivity index (χ4v) is 2.52. The molecule has 1 saturated heterocycles. The van der Waals surface area contributed by atoms with E-state index in [2.05, 4.69) is 4.90 Å². The molecule has 1 heterocycles. The van der Waals surface area contributed by atoms with E-state index in [1.54, 1.807) is 0 Å². The van der Waals surface area contributed by atoms with Crippen LogP contribution in [0.4, 0.5) is 0 Å². The predicted molar refractivity (Wildman–Crippen MR) is 81.5 cm³/mol. The van der Waals surface area contributed by atoms with Gasteiger partial charge < -0.3 is 15.2 Å². The van der Waals surface area contributed by atoms with Gasteiger partial charge in [-0.05, 0) is 37.6 Å². The van der Waals surface area contributed by atoms with Gasteiger partial charge in [0.25, 0.3) is 0 Å². The highest BCUT2D eigenvalue weighted by Crippen LogP contribution is 2.25. The fourth-order valence-electron chi connectivity index (χ4n) is 2.35. The quantitative estimate of drug-likeness (QED) is 0.873. The molecule has 1 aromatic rings. The van der Waals surface area contributed by atoms with Crippen LogP contribution in [-0.2, 0) is 4.74 Å². The van der Waals surface area contributed by atoms with Crippen molar-refractivity contribution in [2.75, 3.05) is 39.4 Å². The van der Waals surface area contributed by atoms with Gasteiger partial charge >= 0.3 is 0 Å². The molecular formula is C15H23ClN2O2. The molecule has 1 atom stereocenters. The summed E-state index contributed by atoms with van der Waals surface area (Å²) in [7, 11) is 0. The van der Waals surface area contributed by atoms with E-state index < -0.39 is 0 Å². The van der Waals surface area contributed by atoms with Crippen LogP contribution in [0.25, 0.3) is 0 Å². The first-order valence-electron chi connectivity index (χ1n) is 7.12. The molecule has 0 spiro atoms. The van der Waals surface area contributed by atoms with E-state index in [0.717, 1.165) is 44.0 Å². The molecule has 5 heteroatoms. The van der Waals surface area contributed by atoms with Gasteiger partial charge in [-0.3, -0.25) is 4.90 Å². The maximum Gasteiger partial charge on any atom is 0.138 e. The van der Waals surface area contributed by atoms with Crippen LogP contribution in [0, 0.1) is 6.92 Å². The highest BCUT2D eigenvalue weighted by atomic mass is 35.5. The third-order valence-corrected chi connectivity index (χ3v) is 3.78. The predicted octanol–water partition coefficient (Wildman–Crippen LogP) is 2.08. The molecule has 1 aromatic carbocycles. The van der Waals surface area contributed by atoms with Crippen LogP contribution in [-0.4, -0.2) is 50.4 Å². The molecule has 0 radical (unpaired) electrons. The third-order valence-electron chi connectivity index (χ3n) is 3.46. The lowest BCUT2D eigenvalue weighted by Crippen LogP contribution is -2.44. The maximum absolute atomic E-state index is 6.11. The molecule has 20 heavy (non-hydrogen) atoms. The Morgan fingerprint density at radius 2 is 2.35 bits per heavy atom. The minimum Gasteiger partial charge on any atom is -0.491 e. The van der Waals surface area contributed by atoms with Crippen LogP contribution in [0.3, 0.4) is 0 Å². The highest BCUT2D eigenvalue weighted by Gasteiger charge is 2.19. The Labute approximate surface area is 125 Å². The standard InChI is InChI=1S/C15H23ClN2O2/c1-12-2-3-14(16)15(10-12)20-9-7-18-6-8-19-13(11-18)4-5-17/h2-3,10,13H,4-9,11,17H2,1H3/t13-/m1/s1. The van der Waals surface area contributed by atoms with Crippen molar-refractivity contribution < 1.29 is 9.47 Å². The van der Waals surface area contributed by atoms with Gasteiger partial charge in [-0.15, -0.1) is 0 Å². The Morgan fingerprint density at radius 3 is 3.15 bits per heavy atom. The number of hydrogen-bond donors (Lipinski definition) is 1. The molecule has 1 aliphatic heterocycles. The van der Waals surface area contributed by atoms with Crippen LogP contribution in [0.2, 0.25) is 5.02 Å². The number of nitrogens with zero attached hydrogens (tertiary/aromatic N) is 1. The molecule has 4 nitrogen and oxygen atoms in total. The molecule has 0 bridgehead atoms. The van der Waals surface area contributed by atoms with Gasteiger partial charge in [0.2, 0.25) is 0 Å². The number of benzene rings is 1. The molecule has 1 aliphatic rings. The lowest BCUT2D eigenvalue weighted by Gasteiger charge is -2.32. The molecule has 0 amide bonds. The largest absolute Gasteiger partial charge is 0.491 e. The zero-order chi connectivity index (χ0) is 14.4. The average molecular weight is 299 g/mol. The summed E-state index contributed by atoms with van der Waals surface area (Å²) in [5, 5.41) is 0.665. The first kappa shape index (κ1) is 15.6. The lowest BCUT2D eigenvalue weighted by molar-refractivity contribution is -0.0334. The molecule has 2 rings (SSSR count). The Hall–Kier alpha value is -0.810. The summed E-state index contributed by atoms with van der Waals surface area (Å²) in [6, 6.07) is 5.83. The van der Waals surface area contributed by atoms with Crippen LogP contribution in [0.1, 0.15) is 12.0 Å².